The van der Waals surface area contributed by atoms with Gasteiger partial charge in [0.2, 0.25) is 0 Å². The van der Waals surface area contributed by atoms with Gasteiger partial charge in [-0.3, -0.25) is 4.79 Å². The van der Waals surface area contributed by atoms with Crippen molar-refractivity contribution in [1.82, 2.24) is 4.90 Å². The van der Waals surface area contributed by atoms with Gasteiger partial charge in [0.15, 0.2) is 0 Å². The Bertz CT molecular complexity index is 750. The lowest BCUT2D eigenvalue weighted by Gasteiger charge is -2.26. The van der Waals surface area contributed by atoms with Gasteiger partial charge in [0.1, 0.15) is 5.75 Å². The van der Waals surface area contributed by atoms with E-state index < -0.39 is 0 Å². The van der Waals surface area contributed by atoms with E-state index in [-0.39, 0.29) is 12.0 Å². The maximum absolute atomic E-state index is 13.2. The number of carbonyl (C=O) groups is 1. The van der Waals surface area contributed by atoms with Gasteiger partial charge in [-0.15, -0.1) is 0 Å². The van der Waals surface area contributed by atoms with Crippen LogP contribution in [-0.2, 0) is 11.3 Å². The summed E-state index contributed by atoms with van der Waals surface area (Å²) in [5.41, 5.74) is 2.93. The van der Waals surface area contributed by atoms with Crippen LogP contribution in [0.3, 0.4) is 0 Å². The smallest absolute Gasteiger partial charge is 0.254 e. The highest BCUT2D eigenvalue weighted by molar-refractivity contribution is 5.94. The predicted molar refractivity (Wildman–Crippen MR) is 112 cm³/mol. The van der Waals surface area contributed by atoms with Gasteiger partial charge in [-0.05, 0) is 61.7 Å². The predicted octanol–water partition coefficient (Wildman–Crippen LogP) is 3.97. The Morgan fingerprint density at radius 2 is 1.82 bits per heavy atom. The number of rotatable bonds is 8. The first-order chi connectivity index (χ1) is 13.6. The van der Waals surface area contributed by atoms with Crippen LogP contribution in [0, 0.1) is 0 Å². The highest BCUT2D eigenvalue weighted by Crippen LogP contribution is 2.20. The summed E-state index contributed by atoms with van der Waals surface area (Å²) in [6.07, 6.45) is 2.19. The summed E-state index contributed by atoms with van der Waals surface area (Å²) in [7, 11) is 4.04. The molecule has 0 saturated carbocycles. The summed E-state index contributed by atoms with van der Waals surface area (Å²) >= 11 is 0. The van der Waals surface area contributed by atoms with Crippen molar-refractivity contribution >= 4 is 11.6 Å². The molecule has 1 amide bonds. The molecular formula is C23H30N2O3. The highest BCUT2D eigenvalue weighted by Gasteiger charge is 2.23. The van der Waals surface area contributed by atoms with Gasteiger partial charge >= 0.3 is 0 Å². The molecule has 0 aliphatic carbocycles. The molecule has 3 rings (SSSR count). The van der Waals surface area contributed by atoms with Crippen LogP contribution in [0.4, 0.5) is 5.69 Å². The van der Waals surface area contributed by atoms with E-state index in [9.17, 15) is 4.79 Å². The summed E-state index contributed by atoms with van der Waals surface area (Å²) in [4.78, 5) is 17.2. The molecule has 2 aromatic rings. The molecule has 1 atom stereocenters. The first-order valence-corrected chi connectivity index (χ1v) is 9.97. The zero-order valence-corrected chi connectivity index (χ0v) is 17.1. The third-order valence-corrected chi connectivity index (χ3v) is 4.97. The van der Waals surface area contributed by atoms with Gasteiger partial charge in [-0.1, -0.05) is 12.1 Å². The molecule has 0 aromatic heterocycles. The van der Waals surface area contributed by atoms with Gasteiger partial charge in [0.05, 0.1) is 12.7 Å². The molecule has 0 N–H and O–H groups in total. The number of benzene rings is 2. The summed E-state index contributed by atoms with van der Waals surface area (Å²) in [6.45, 7) is 4.53. The Morgan fingerprint density at radius 3 is 2.39 bits per heavy atom. The van der Waals surface area contributed by atoms with Crippen LogP contribution in [-0.4, -0.2) is 50.8 Å². The van der Waals surface area contributed by atoms with Gasteiger partial charge < -0.3 is 19.3 Å². The molecule has 0 radical (unpaired) electrons. The molecular weight excluding hydrogens is 352 g/mol. The Labute approximate surface area is 167 Å². The average Bonchev–Trinajstić information content (AvgIpc) is 3.21. The van der Waals surface area contributed by atoms with E-state index in [0.717, 1.165) is 36.4 Å². The van der Waals surface area contributed by atoms with E-state index in [1.54, 1.807) is 0 Å². The maximum atomic E-state index is 13.2. The van der Waals surface area contributed by atoms with Gasteiger partial charge in [-0.2, -0.15) is 0 Å². The fourth-order valence-corrected chi connectivity index (χ4v) is 3.42. The molecule has 2 aromatic carbocycles. The zero-order valence-electron chi connectivity index (χ0n) is 17.1. The van der Waals surface area contributed by atoms with Crippen LogP contribution in [0.2, 0.25) is 0 Å². The Morgan fingerprint density at radius 1 is 1.11 bits per heavy atom. The molecule has 1 saturated heterocycles. The molecule has 1 fully saturated rings. The second-order valence-electron chi connectivity index (χ2n) is 7.34. The first-order valence-electron chi connectivity index (χ1n) is 9.97. The van der Waals surface area contributed by atoms with Crippen molar-refractivity contribution < 1.29 is 14.3 Å². The third-order valence-electron chi connectivity index (χ3n) is 4.97. The molecule has 150 valence electrons. The fraction of sp³-hybridized carbons (Fsp3) is 0.435. The minimum atomic E-state index is 0.0234. The van der Waals surface area contributed by atoms with Crippen molar-refractivity contribution in [1.29, 1.82) is 0 Å². The summed E-state index contributed by atoms with van der Waals surface area (Å²) in [6, 6.07) is 15.7. The molecule has 5 nitrogen and oxygen atoms in total. The van der Waals surface area contributed by atoms with Crippen LogP contribution >= 0.6 is 0 Å². The Kier molecular flexibility index (Phi) is 6.93. The fourth-order valence-electron chi connectivity index (χ4n) is 3.42. The van der Waals surface area contributed by atoms with Gasteiger partial charge in [0.25, 0.3) is 5.91 Å². The van der Waals surface area contributed by atoms with Crippen LogP contribution in [0.15, 0.2) is 48.5 Å². The third kappa shape index (κ3) is 5.26. The molecule has 0 unspecified atom stereocenters. The van der Waals surface area contributed by atoms with E-state index in [1.165, 1.54) is 0 Å². The highest BCUT2D eigenvalue weighted by atomic mass is 16.5. The van der Waals surface area contributed by atoms with Crippen molar-refractivity contribution in [2.24, 2.45) is 0 Å². The Balaban J connectivity index is 1.76. The number of hydrogen-bond donors (Lipinski definition) is 0. The molecule has 0 bridgehead atoms. The largest absolute Gasteiger partial charge is 0.494 e. The summed E-state index contributed by atoms with van der Waals surface area (Å²) in [5.74, 6) is 0.805. The van der Waals surface area contributed by atoms with Crippen LogP contribution in [0.25, 0.3) is 0 Å². The summed E-state index contributed by atoms with van der Waals surface area (Å²) < 4.78 is 11.3. The average molecular weight is 383 g/mol. The van der Waals surface area contributed by atoms with Crippen molar-refractivity contribution in [2.75, 3.05) is 38.8 Å². The lowest BCUT2D eigenvalue weighted by atomic mass is 10.1. The number of carbonyl (C=O) groups excluding carboxylic acids is 1. The Hall–Kier alpha value is -2.53. The zero-order chi connectivity index (χ0) is 19.9. The number of nitrogens with zero attached hydrogens (tertiary/aromatic N) is 2. The number of hydrogen-bond acceptors (Lipinski definition) is 4. The van der Waals surface area contributed by atoms with Crippen LogP contribution in [0.5, 0.6) is 5.75 Å². The lowest BCUT2D eigenvalue weighted by Crippen LogP contribution is -2.37. The second-order valence-corrected chi connectivity index (χ2v) is 7.34. The standard InChI is InChI=1S/C23H30N2O3/c1-4-27-21-13-9-19(10-14-21)23(26)25(17-22-6-5-15-28-22)16-18-7-11-20(12-8-18)24(2)3/h7-14,22H,4-6,15-17H2,1-3H3/t22-/m1/s1. The number of ether oxygens (including phenoxy) is 2. The van der Waals surface area contributed by atoms with Gasteiger partial charge in [0, 0.05) is 45.0 Å². The second kappa shape index (κ2) is 9.60. The SMILES string of the molecule is CCOc1ccc(C(=O)N(Cc2ccc(N(C)C)cc2)C[C@H]2CCCO2)cc1. The minimum absolute atomic E-state index is 0.0234. The van der Waals surface area contributed by atoms with Gasteiger partial charge in [-0.25, -0.2) is 0 Å². The lowest BCUT2D eigenvalue weighted by molar-refractivity contribution is 0.0507. The molecule has 5 heteroatoms. The van der Waals surface area contributed by atoms with Crippen molar-refractivity contribution in [3.8, 4) is 5.75 Å². The minimum Gasteiger partial charge on any atom is -0.494 e. The number of anilines is 1. The molecule has 0 spiro atoms. The van der Waals surface area contributed by atoms with E-state index in [0.29, 0.717) is 25.3 Å². The monoisotopic (exact) mass is 382 g/mol. The molecule has 1 aliphatic heterocycles. The van der Waals surface area contributed by atoms with Crippen molar-refractivity contribution in [2.45, 2.75) is 32.4 Å². The number of amides is 1. The van der Waals surface area contributed by atoms with Crippen molar-refractivity contribution in [3.63, 3.8) is 0 Å². The normalized spacial score (nSPS) is 16.0. The maximum Gasteiger partial charge on any atom is 0.254 e. The molecule has 28 heavy (non-hydrogen) atoms. The topological polar surface area (TPSA) is 42.0 Å². The van der Waals surface area contributed by atoms with Crippen LogP contribution < -0.4 is 9.64 Å². The van der Waals surface area contributed by atoms with E-state index in [4.69, 9.17) is 9.47 Å². The molecule has 1 heterocycles. The summed E-state index contributed by atoms with van der Waals surface area (Å²) in [5, 5.41) is 0. The van der Waals surface area contributed by atoms with E-state index >= 15 is 0 Å². The van der Waals surface area contributed by atoms with Crippen molar-refractivity contribution in [3.05, 3.63) is 59.7 Å². The quantitative estimate of drug-likeness (QED) is 0.693. The van der Waals surface area contributed by atoms with E-state index in [1.807, 2.05) is 50.2 Å². The van der Waals surface area contributed by atoms with Crippen LogP contribution in [0.1, 0.15) is 35.7 Å². The first kappa shape index (κ1) is 20.2. The molecule has 1 aliphatic rings. The van der Waals surface area contributed by atoms with E-state index in [2.05, 4.69) is 29.2 Å².